The molecule has 0 aromatic heterocycles. The van der Waals surface area contributed by atoms with E-state index in [1.54, 1.807) is 18.2 Å². The molecule has 6 heteroatoms. The number of carbonyl (C=O) groups is 1. The van der Waals surface area contributed by atoms with Crippen molar-refractivity contribution in [3.8, 4) is 5.75 Å². The lowest BCUT2D eigenvalue weighted by Gasteiger charge is -2.20. The van der Waals surface area contributed by atoms with Crippen LogP contribution in [-0.4, -0.2) is 50.3 Å². The highest BCUT2D eigenvalue weighted by Crippen LogP contribution is 2.13. The van der Waals surface area contributed by atoms with Gasteiger partial charge in [0.2, 0.25) is 0 Å². The third-order valence-electron chi connectivity index (χ3n) is 3.11. The summed E-state index contributed by atoms with van der Waals surface area (Å²) in [5.41, 5.74) is 2.59. The minimum atomic E-state index is -0.327. The number of nitrogens with two attached hydrogens (primary N) is 1. The van der Waals surface area contributed by atoms with Crippen LogP contribution in [0.2, 0.25) is 0 Å². The molecule has 0 saturated heterocycles. The molecule has 0 heterocycles. The van der Waals surface area contributed by atoms with Crippen LogP contribution in [0.5, 0.6) is 5.75 Å². The zero-order valence-electron chi connectivity index (χ0n) is 12.8. The predicted octanol–water partition coefficient (Wildman–Crippen LogP) is 1.03. The fourth-order valence-electron chi connectivity index (χ4n) is 1.87. The maximum Gasteiger partial charge on any atom is 0.265 e. The van der Waals surface area contributed by atoms with Crippen molar-refractivity contribution in [1.82, 2.24) is 10.3 Å². The first-order chi connectivity index (χ1) is 10.2. The number of rotatable bonds is 10. The second-order valence-corrected chi connectivity index (χ2v) is 4.48. The number of hydrazine groups is 1. The van der Waals surface area contributed by atoms with Crippen LogP contribution in [0.4, 0.5) is 0 Å². The Balaban J connectivity index is 2.38. The van der Waals surface area contributed by atoms with E-state index in [2.05, 4.69) is 17.2 Å². The molecule has 0 bridgehead atoms. The lowest BCUT2D eigenvalue weighted by molar-refractivity contribution is 0.0952. The maximum atomic E-state index is 11.4. The van der Waals surface area contributed by atoms with Gasteiger partial charge in [0.1, 0.15) is 12.4 Å². The molecular formula is C15H25N3O3. The van der Waals surface area contributed by atoms with Gasteiger partial charge < -0.3 is 9.47 Å². The van der Waals surface area contributed by atoms with Gasteiger partial charge in [-0.2, -0.15) is 0 Å². The van der Waals surface area contributed by atoms with Crippen molar-refractivity contribution < 1.29 is 14.3 Å². The average molecular weight is 295 g/mol. The monoisotopic (exact) mass is 295 g/mol. The highest BCUT2D eigenvalue weighted by atomic mass is 16.5. The molecule has 21 heavy (non-hydrogen) atoms. The molecule has 1 amide bonds. The molecule has 0 aliphatic carbocycles. The number of nitrogens with zero attached hydrogens (tertiary/aromatic N) is 1. The largest absolute Gasteiger partial charge is 0.492 e. The van der Waals surface area contributed by atoms with Crippen LogP contribution in [0.1, 0.15) is 24.2 Å². The quantitative estimate of drug-likeness (QED) is 0.292. The summed E-state index contributed by atoms with van der Waals surface area (Å²) in [4.78, 5) is 13.7. The van der Waals surface area contributed by atoms with E-state index in [-0.39, 0.29) is 5.91 Å². The summed E-state index contributed by atoms with van der Waals surface area (Å²) in [6.07, 6.45) is 0. The van der Waals surface area contributed by atoms with Crippen LogP contribution in [0.15, 0.2) is 24.3 Å². The van der Waals surface area contributed by atoms with E-state index >= 15 is 0 Å². The summed E-state index contributed by atoms with van der Waals surface area (Å²) in [6, 6.07) is 6.96. The third kappa shape index (κ3) is 6.57. The van der Waals surface area contributed by atoms with E-state index in [1.165, 1.54) is 0 Å². The number of ether oxygens (including phenoxy) is 2. The molecule has 0 radical (unpaired) electrons. The number of nitrogens with one attached hydrogen (secondary N) is 1. The van der Waals surface area contributed by atoms with E-state index in [1.807, 2.05) is 13.0 Å². The van der Waals surface area contributed by atoms with Crippen LogP contribution in [0.3, 0.4) is 0 Å². The van der Waals surface area contributed by atoms with Gasteiger partial charge in [0, 0.05) is 25.3 Å². The summed E-state index contributed by atoms with van der Waals surface area (Å²) in [5.74, 6) is 5.45. The van der Waals surface area contributed by atoms with E-state index < -0.39 is 0 Å². The second kappa shape index (κ2) is 10.1. The van der Waals surface area contributed by atoms with Crippen LogP contribution in [0.25, 0.3) is 0 Å². The van der Waals surface area contributed by atoms with Crippen molar-refractivity contribution in [2.75, 3.05) is 39.5 Å². The van der Waals surface area contributed by atoms with Crippen LogP contribution < -0.4 is 16.0 Å². The Kier molecular flexibility index (Phi) is 8.42. The van der Waals surface area contributed by atoms with E-state index in [0.717, 1.165) is 32.8 Å². The van der Waals surface area contributed by atoms with Gasteiger partial charge in [0.05, 0.1) is 6.61 Å². The van der Waals surface area contributed by atoms with Gasteiger partial charge in [-0.3, -0.25) is 15.1 Å². The molecule has 1 rings (SSSR count). The Labute approximate surface area is 126 Å². The molecule has 6 nitrogen and oxygen atoms in total. The van der Waals surface area contributed by atoms with Crippen molar-refractivity contribution in [3.63, 3.8) is 0 Å². The summed E-state index contributed by atoms with van der Waals surface area (Å²) in [6.45, 7) is 8.79. The average Bonchev–Trinajstić information content (AvgIpc) is 2.53. The van der Waals surface area contributed by atoms with E-state index in [4.69, 9.17) is 15.3 Å². The molecular weight excluding hydrogens is 270 g/mol. The zero-order chi connectivity index (χ0) is 15.5. The molecule has 1 aromatic rings. The van der Waals surface area contributed by atoms with Crippen molar-refractivity contribution in [1.29, 1.82) is 0 Å². The summed E-state index contributed by atoms with van der Waals surface area (Å²) in [5, 5.41) is 0. The van der Waals surface area contributed by atoms with E-state index in [9.17, 15) is 4.79 Å². The topological polar surface area (TPSA) is 76.8 Å². The first-order valence-electron chi connectivity index (χ1n) is 7.25. The SMILES string of the molecule is CCOCCN(CC)CCOc1cccc(C(=O)NN)c1. The molecule has 0 saturated carbocycles. The molecule has 118 valence electrons. The first-order valence-corrected chi connectivity index (χ1v) is 7.25. The van der Waals surface area contributed by atoms with Crippen LogP contribution in [0, 0.1) is 0 Å². The Hall–Kier alpha value is -1.63. The zero-order valence-corrected chi connectivity index (χ0v) is 12.8. The normalized spacial score (nSPS) is 10.7. The Morgan fingerprint density at radius 1 is 1.29 bits per heavy atom. The molecule has 0 fully saturated rings. The molecule has 0 unspecified atom stereocenters. The number of carbonyl (C=O) groups excluding carboxylic acids is 1. The Bertz CT molecular complexity index is 426. The predicted molar refractivity (Wildman–Crippen MR) is 82.2 cm³/mol. The standard InChI is InChI=1S/C15H25N3O3/c1-3-18(8-10-20-4-2)9-11-21-14-7-5-6-13(12-14)15(19)17-16/h5-7,12H,3-4,8-11,16H2,1-2H3,(H,17,19). The number of benzene rings is 1. The summed E-state index contributed by atoms with van der Waals surface area (Å²) >= 11 is 0. The van der Waals surface area contributed by atoms with Gasteiger partial charge in [-0.1, -0.05) is 13.0 Å². The van der Waals surface area contributed by atoms with Gasteiger partial charge in [0.25, 0.3) is 5.91 Å². The molecule has 0 aliphatic heterocycles. The second-order valence-electron chi connectivity index (χ2n) is 4.48. The van der Waals surface area contributed by atoms with Crippen molar-refractivity contribution in [2.45, 2.75) is 13.8 Å². The van der Waals surface area contributed by atoms with Gasteiger partial charge >= 0.3 is 0 Å². The third-order valence-corrected chi connectivity index (χ3v) is 3.11. The van der Waals surface area contributed by atoms with Crippen molar-refractivity contribution >= 4 is 5.91 Å². The highest BCUT2D eigenvalue weighted by Gasteiger charge is 2.06. The number of likely N-dealkylation sites (N-methyl/N-ethyl adjacent to an activating group) is 1. The summed E-state index contributed by atoms with van der Waals surface area (Å²) in [7, 11) is 0. The fourth-order valence-corrected chi connectivity index (χ4v) is 1.87. The molecule has 0 aliphatic rings. The van der Waals surface area contributed by atoms with Gasteiger partial charge in [-0.05, 0) is 31.7 Å². The minimum Gasteiger partial charge on any atom is -0.492 e. The Morgan fingerprint density at radius 2 is 2.05 bits per heavy atom. The molecule has 3 N–H and O–H groups in total. The fraction of sp³-hybridized carbons (Fsp3) is 0.533. The molecule has 0 atom stereocenters. The van der Waals surface area contributed by atoms with Gasteiger partial charge in [-0.25, -0.2) is 5.84 Å². The maximum absolute atomic E-state index is 11.4. The highest BCUT2D eigenvalue weighted by molar-refractivity contribution is 5.94. The number of amides is 1. The lowest BCUT2D eigenvalue weighted by Crippen LogP contribution is -2.31. The van der Waals surface area contributed by atoms with Gasteiger partial charge in [-0.15, -0.1) is 0 Å². The minimum absolute atomic E-state index is 0.327. The first kappa shape index (κ1) is 17.4. The summed E-state index contributed by atoms with van der Waals surface area (Å²) < 4.78 is 11.0. The Morgan fingerprint density at radius 3 is 2.71 bits per heavy atom. The smallest absolute Gasteiger partial charge is 0.265 e. The van der Waals surface area contributed by atoms with Crippen molar-refractivity contribution in [2.24, 2.45) is 5.84 Å². The van der Waals surface area contributed by atoms with E-state index in [0.29, 0.717) is 17.9 Å². The van der Waals surface area contributed by atoms with Crippen LogP contribution >= 0.6 is 0 Å². The lowest BCUT2D eigenvalue weighted by atomic mass is 10.2. The van der Waals surface area contributed by atoms with Crippen molar-refractivity contribution in [3.05, 3.63) is 29.8 Å². The number of hydrogen-bond acceptors (Lipinski definition) is 5. The van der Waals surface area contributed by atoms with Gasteiger partial charge in [0.15, 0.2) is 0 Å². The number of hydrogen-bond donors (Lipinski definition) is 2. The number of nitrogen functional groups attached to an aromatic ring is 1. The molecule has 0 spiro atoms. The van der Waals surface area contributed by atoms with Crippen LogP contribution in [-0.2, 0) is 4.74 Å². The molecule has 1 aromatic carbocycles.